The van der Waals surface area contributed by atoms with Crippen molar-refractivity contribution in [1.82, 2.24) is 14.5 Å². The molecule has 0 aliphatic carbocycles. The fourth-order valence-electron chi connectivity index (χ4n) is 3.92. The van der Waals surface area contributed by atoms with Crippen LogP contribution in [-0.2, 0) is 10.0 Å². The molecule has 0 unspecified atom stereocenters. The number of hydrogen-bond acceptors (Lipinski definition) is 6. The van der Waals surface area contributed by atoms with Crippen molar-refractivity contribution in [3.05, 3.63) is 18.2 Å². The van der Waals surface area contributed by atoms with E-state index < -0.39 is 10.0 Å². The highest BCUT2D eigenvalue weighted by atomic mass is 32.2. The van der Waals surface area contributed by atoms with E-state index in [2.05, 4.69) is 10.2 Å². The topological polar surface area (TPSA) is 71.1 Å². The number of ether oxygens (including phenoxy) is 2. The van der Waals surface area contributed by atoms with Crippen LogP contribution >= 0.6 is 0 Å². The first kappa shape index (κ1) is 18.0. The summed E-state index contributed by atoms with van der Waals surface area (Å²) in [5, 5.41) is 3.39. The van der Waals surface area contributed by atoms with Crippen molar-refractivity contribution in [1.29, 1.82) is 0 Å². The molecule has 2 saturated heterocycles. The minimum atomic E-state index is -3.49. The number of nitrogens with one attached hydrogen (secondary N) is 1. The van der Waals surface area contributed by atoms with E-state index in [0.29, 0.717) is 37.8 Å². The maximum absolute atomic E-state index is 13.0. The van der Waals surface area contributed by atoms with Gasteiger partial charge in [-0.05, 0) is 44.0 Å². The molecular formula is C18H27N3O4S. The van der Waals surface area contributed by atoms with Gasteiger partial charge in [0.25, 0.3) is 0 Å². The van der Waals surface area contributed by atoms with Crippen LogP contribution in [0, 0.1) is 5.92 Å². The van der Waals surface area contributed by atoms with Crippen LogP contribution in [0.3, 0.4) is 0 Å². The molecule has 2 fully saturated rings. The molecule has 0 aromatic heterocycles. The molecule has 3 aliphatic heterocycles. The Morgan fingerprint density at radius 3 is 2.42 bits per heavy atom. The Morgan fingerprint density at radius 2 is 1.69 bits per heavy atom. The lowest BCUT2D eigenvalue weighted by Crippen LogP contribution is -2.50. The summed E-state index contributed by atoms with van der Waals surface area (Å²) in [6.45, 7) is 6.92. The van der Waals surface area contributed by atoms with Gasteiger partial charge in [-0.15, -0.1) is 0 Å². The number of piperazine rings is 1. The second-order valence-electron chi connectivity index (χ2n) is 7.20. The fourth-order valence-corrected chi connectivity index (χ4v) is 5.35. The monoisotopic (exact) mass is 381 g/mol. The van der Waals surface area contributed by atoms with Crippen molar-refractivity contribution in [2.45, 2.75) is 17.7 Å². The van der Waals surface area contributed by atoms with Crippen LogP contribution in [0.5, 0.6) is 11.5 Å². The summed E-state index contributed by atoms with van der Waals surface area (Å²) in [6.07, 6.45) is 2.44. The standard InChI is InChI=1S/C18H27N3O4S/c22-26(23,16-1-2-17-18(13-16)25-12-11-24-17)21-9-7-20(8-10-21)14-15-3-5-19-6-4-15/h1-2,13,15,19H,3-12,14H2. The largest absolute Gasteiger partial charge is 0.486 e. The zero-order chi connectivity index (χ0) is 18.0. The molecule has 0 saturated carbocycles. The predicted octanol–water partition coefficient (Wildman–Crippen LogP) is 0.764. The second kappa shape index (κ2) is 7.72. The Bertz CT molecular complexity index is 726. The van der Waals surface area contributed by atoms with Gasteiger partial charge in [0.1, 0.15) is 13.2 Å². The average Bonchev–Trinajstić information content (AvgIpc) is 2.69. The first-order valence-corrected chi connectivity index (χ1v) is 10.9. The molecule has 0 atom stereocenters. The Labute approximate surface area is 155 Å². The number of nitrogens with zero attached hydrogens (tertiary/aromatic N) is 2. The number of fused-ring (bicyclic) bond motifs is 1. The number of piperidine rings is 1. The third-order valence-corrected chi connectivity index (χ3v) is 7.35. The summed E-state index contributed by atoms with van der Waals surface area (Å²) in [5.41, 5.74) is 0. The molecule has 8 heteroatoms. The van der Waals surface area contributed by atoms with Gasteiger partial charge >= 0.3 is 0 Å². The number of benzene rings is 1. The summed E-state index contributed by atoms with van der Waals surface area (Å²) >= 11 is 0. The van der Waals surface area contributed by atoms with Gasteiger partial charge in [0.2, 0.25) is 10.0 Å². The third kappa shape index (κ3) is 3.83. The predicted molar refractivity (Wildman–Crippen MR) is 98.2 cm³/mol. The lowest BCUT2D eigenvalue weighted by Gasteiger charge is -2.36. The van der Waals surface area contributed by atoms with Crippen LogP contribution in [0.4, 0.5) is 0 Å². The molecule has 0 spiro atoms. The van der Waals surface area contributed by atoms with E-state index in [1.165, 1.54) is 12.8 Å². The van der Waals surface area contributed by atoms with Gasteiger partial charge in [0.05, 0.1) is 4.90 Å². The number of rotatable bonds is 4. The molecular weight excluding hydrogens is 354 g/mol. The lowest BCUT2D eigenvalue weighted by molar-refractivity contribution is 0.152. The zero-order valence-corrected chi connectivity index (χ0v) is 15.8. The van der Waals surface area contributed by atoms with Gasteiger partial charge in [-0.2, -0.15) is 4.31 Å². The van der Waals surface area contributed by atoms with Gasteiger partial charge in [-0.25, -0.2) is 8.42 Å². The molecule has 3 heterocycles. The molecule has 0 amide bonds. The van der Waals surface area contributed by atoms with E-state index in [1.807, 2.05) is 0 Å². The molecule has 3 aliphatic rings. The van der Waals surface area contributed by atoms with Crippen LogP contribution in [0.15, 0.2) is 23.1 Å². The molecule has 7 nitrogen and oxygen atoms in total. The Morgan fingerprint density at radius 1 is 1.00 bits per heavy atom. The summed E-state index contributed by atoms with van der Waals surface area (Å²) in [7, 11) is -3.49. The molecule has 144 valence electrons. The highest BCUT2D eigenvalue weighted by molar-refractivity contribution is 7.89. The quantitative estimate of drug-likeness (QED) is 0.831. The summed E-state index contributed by atoms with van der Waals surface area (Å²) < 4.78 is 38.5. The summed E-state index contributed by atoms with van der Waals surface area (Å²) in [5.74, 6) is 1.86. The minimum absolute atomic E-state index is 0.286. The minimum Gasteiger partial charge on any atom is -0.486 e. The first-order valence-electron chi connectivity index (χ1n) is 9.46. The lowest BCUT2D eigenvalue weighted by atomic mass is 9.97. The van der Waals surface area contributed by atoms with E-state index in [-0.39, 0.29) is 4.90 Å². The SMILES string of the molecule is O=S(=O)(c1ccc2c(c1)OCCO2)N1CCN(CC2CCNCC2)CC1. The van der Waals surface area contributed by atoms with Crippen LogP contribution < -0.4 is 14.8 Å². The maximum Gasteiger partial charge on any atom is 0.243 e. The van der Waals surface area contributed by atoms with Crippen molar-refractivity contribution in [3.8, 4) is 11.5 Å². The Kier molecular flexibility index (Phi) is 5.35. The van der Waals surface area contributed by atoms with Crippen LogP contribution in [0.1, 0.15) is 12.8 Å². The van der Waals surface area contributed by atoms with E-state index in [0.717, 1.165) is 38.6 Å². The van der Waals surface area contributed by atoms with E-state index in [4.69, 9.17) is 9.47 Å². The van der Waals surface area contributed by atoms with Crippen LogP contribution in [0.2, 0.25) is 0 Å². The second-order valence-corrected chi connectivity index (χ2v) is 9.14. The molecule has 4 rings (SSSR count). The summed E-state index contributed by atoms with van der Waals surface area (Å²) in [6, 6.07) is 4.89. The van der Waals surface area contributed by atoms with Crippen molar-refractivity contribution in [3.63, 3.8) is 0 Å². The van der Waals surface area contributed by atoms with Gasteiger partial charge in [-0.1, -0.05) is 0 Å². The van der Waals surface area contributed by atoms with E-state index >= 15 is 0 Å². The van der Waals surface area contributed by atoms with Gasteiger partial charge in [0.15, 0.2) is 11.5 Å². The van der Waals surface area contributed by atoms with Gasteiger partial charge < -0.3 is 19.7 Å². The first-order chi connectivity index (χ1) is 12.6. The van der Waals surface area contributed by atoms with Gasteiger partial charge in [0, 0.05) is 38.8 Å². The molecule has 0 bridgehead atoms. The van der Waals surface area contributed by atoms with Crippen molar-refractivity contribution < 1.29 is 17.9 Å². The smallest absolute Gasteiger partial charge is 0.243 e. The zero-order valence-electron chi connectivity index (χ0n) is 15.0. The van der Waals surface area contributed by atoms with Crippen molar-refractivity contribution >= 4 is 10.0 Å². The Hall–Kier alpha value is -1.35. The molecule has 0 radical (unpaired) electrons. The molecule has 26 heavy (non-hydrogen) atoms. The number of sulfonamides is 1. The highest BCUT2D eigenvalue weighted by Crippen LogP contribution is 2.33. The average molecular weight is 381 g/mol. The maximum atomic E-state index is 13.0. The highest BCUT2D eigenvalue weighted by Gasteiger charge is 2.30. The molecule has 1 aromatic carbocycles. The van der Waals surface area contributed by atoms with E-state index in [9.17, 15) is 8.42 Å². The normalized spacial score (nSPS) is 23.1. The van der Waals surface area contributed by atoms with Crippen LogP contribution in [0.25, 0.3) is 0 Å². The molecule has 1 aromatic rings. The third-order valence-electron chi connectivity index (χ3n) is 5.46. The van der Waals surface area contributed by atoms with Crippen LogP contribution in [-0.4, -0.2) is 76.6 Å². The summed E-state index contributed by atoms with van der Waals surface area (Å²) in [4.78, 5) is 2.69. The van der Waals surface area contributed by atoms with Crippen molar-refractivity contribution in [2.75, 3.05) is 59.0 Å². The molecule has 1 N–H and O–H groups in total. The van der Waals surface area contributed by atoms with E-state index in [1.54, 1.807) is 22.5 Å². The van der Waals surface area contributed by atoms with Gasteiger partial charge in [-0.3, -0.25) is 0 Å². The van der Waals surface area contributed by atoms with Crippen molar-refractivity contribution in [2.24, 2.45) is 5.92 Å². The number of hydrogen-bond donors (Lipinski definition) is 1. The Balaban J connectivity index is 1.38. The fraction of sp³-hybridized carbons (Fsp3) is 0.667.